The van der Waals surface area contributed by atoms with E-state index in [1.54, 1.807) is 0 Å². The molecule has 2 N–H and O–H groups in total. The fraction of sp³-hybridized carbons (Fsp3) is 0.818. The van der Waals surface area contributed by atoms with Gasteiger partial charge in [0.2, 0.25) is 0 Å². The molecular weight excluding hydrogens is 188 g/mol. The highest BCUT2D eigenvalue weighted by molar-refractivity contribution is 5.02. The number of hydrogen-bond acceptors (Lipinski definition) is 3. The van der Waals surface area contributed by atoms with Crippen LogP contribution >= 0.6 is 0 Å². The van der Waals surface area contributed by atoms with Gasteiger partial charge in [-0.15, -0.1) is 0 Å². The Morgan fingerprint density at radius 3 is 2.93 bits per heavy atom. The van der Waals surface area contributed by atoms with Crippen molar-refractivity contribution in [1.29, 1.82) is 0 Å². The fourth-order valence-corrected chi connectivity index (χ4v) is 2.17. The van der Waals surface area contributed by atoms with E-state index in [2.05, 4.69) is 30.9 Å². The van der Waals surface area contributed by atoms with Crippen molar-refractivity contribution in [2.75, 3.05) is 0 Å². The summed E-state index contributed by atoms with van der Waals surface area (Å²) < 4.78 is 2.00. The molecule has 2 heterocycles. The van der Waals surface area contributed by atoms with Crippen molar-refractivity contribution in [2.45, 2.75) is 46.2 Å². The molecule has 0 saturated heterocycles. The van der Waals surface area contributed by atoms with Gasteiger partial charge < -0.3 is 5.73 Å². The van der Waals surface area contributed by atoms with E-state index < -0.39 is 0 Å². The molecule has 0 aliphatic carbocycles. The summed E-state index contributed by atoms with van der Waals surface area (Å²) in [6.45, 7) is 7.55. The number of rotatable bonds is 2. The molecule has 0 radical (unpaired) electrons. The Kier molecular flexibility index (Phi) is 2.78. The van der Waals surface area contributed by atoms with Gasteiger partial charge in [-0.25, -0.2) is 9.67 Å². The van der Waals surface area contributed by atoms with Crippen LogP contribution in [0, 0.1) is 11.8 Å². The summed E-state index contributed by atoms with van der Waals surface area (Å²) in [6, 6.07) is 0.0714. The van der Waals surface area contributed by atoms with Crippen LogP contribution < -0.4 is 5.73 Å². The van der Waals surface area contributed by atoms with Crippen molar-refractivity contribution in [3.8, 4) is 0 Å². The van der Waals surface area contributed by atoms with E-state index >= 15 is 0 Å². The molecule has 1 aromatic rings. The molecular formula is C11H20N4. The van der Waals surface area contributed by atoms with Gasteiger partial charge in [-0.05, 0) is 18.3 Å². The summed E-state index contributed by atoms with van der Waals surface area (Å²) in [6.07, 6.45) is 1.97. The van der Waals surface area contributed by atoms with Crippen molar-refractivity contribution in [2.24, 2.45) is 17.6 Å². The van der Waals surface area contributed by atoms with Gasteiger partial charge in [0.25, 0.3) is 0 Å². The Bertz CT molecular complexity index is 342. The zero-order valence-corrected chi connectivity index (χ0v) is 9.77. The molecule has 0 saturated carbocycles. The number of fused-ring (bicyclic) bond motifs is 1. The Labute approximate surface area is 90.9 Å². The number of hydrogen-bond donors (Lipinski definition) is 1. The molecule has 0 bridgehead atoms. The quantitative estimate of drug-likeness (QED) is 0.801. The van der Waals surface area contributed by atoms with Gasteiger partial charge in [0.1, 0.15) is 5.82 Å². The summed E-state index contributed by atoms with van der Waals surface area (Å²) >= 11 is 0. The molecule has 2 atom stereocenters. The van der Waals surface area contributed by atoms with Crippen LogP contribution in [0.4, 0.5) is 0 Å². The van der Waals surface area contributed by atoms with Crippen LogP contribution in [0.1, 0.15) is 44.9 Å². The lowest BCUT2D eigenvalue weighted by atomic mass is 9.98. The van der Waals surface area contributed by atoms with E-state index in [0.717, 1.165) is 31.0 Å². The van der Waals surface area contributed by atoms with Crippen LogP contribution in [-0.2, 0) is 13.0 Å². The second-order valence-corrected chi connectivity index (χ2v) is 5.11. The minimum absolute atomic E-state index is 0.0714. The van der Waals surface area contributed by atoms with E-state index in [1.807, 2.05) is 4.68 Å². The molecule has 0 aromatic carbocycles. The standard InChI is InChI=1S/C11H20N4/c1-7(2)4-10-13-11-9(12)5-8(3)6-15(11)14-10/h7-9H,4-6,12H2,1-3H3. The Hall–Kier alpha value is -0.900. The third-order valence-electron chi connectivity index (χ3n) is 2.81. The maximum absolute atomic E-state index is 6.06. The van der Waals surface area contributed by atoms with Crippen LogP contribution in [0.3, 0.4) is 0 Å². The molecule has 0 spiro atoms. The fourth-order valence-electron chi connectivity index (χ4n) is 2.17. The molecule has 2 rings (SSSR count). The average molecular weight is 208 g/mol. The Morgan fingerprint density at radius 1 is 1.53 bits per heavy atom. The van der Waals surface area contributed by atoms with Crippen LogP contribution in [0.5, 0.6) is 0 Å². The molecule has 0 fully saturated rings. The first-order valence-electron chi connectivity index (χ1n) is 5.75. The van der Waals surface area contributed by atoms with Gasteiger partial charge in [0.05, 0.1) is 6.04 Å². The topological polar surface area (TPSA) is 56.7 Å². The van der Waals surface area contributed by atoms with Gasteiger partial charge in [-0.1, -0.05) is 20.8 Å². The molecule has 2 unspecified atom stereocenters. The highest BCUT2D eigenvalue weighted by Crippen LogP contribution is 2.25. The summed E-state index contributed by atoms with van der Waals surface area (Å²) in [7, 11) is 0. The van der Waals surface area contributed by atoms with E-state index in [4.69, 9.17) is 5.73 Å². The third kappa shape index (κ3) is 2.20. The van der Waals surface area contributed by atoms with Crippen molar-refractivity contribution in [3.05, 3.63) is 11.6 Å². The van der Waals surface area contributed by atoms with Crippen LogP contribution in [0.15, 0.2) is 0 Å². The van der Waals surface area contributed by atoms with Crippen molar-refractivity contribution in [3.63, 3.8) is 0 Å². The predicted octanol–water partition coefficient (Wildman–Crippen LogP) is 1.52. The van der Waals surface area contributed by atoms with Crippen molar-refractivity contribution in [1.82, 2.24) is 14.8 Å². The lowest BCUT2D eigenvalue weighted by Crippen LogP contribution is -2.27. The molecule has 1 aliphatic rings. The summed E-state index contributed by atoms with van der Waals surface area (Å²) in [4.78, 5) is 4.53. The zero-order chi connectivity index (χ0) is 11.0. The molecule has 84 valence electrons. The Morgan fingerprint density at radius 2 is 2.27 bits per heavy atom. The minimum Gasteiger partial charge on any atom is -0.321 e. The highest BCUT2D eigenvalue weighted by atomic mass is 15.4. The van der Waals surface area contributed by atoms with Crippen LogP contribution in [0.25, 0.3) is 0 Å². The summed E-state index contributed by atoms with van der Waals surface area (Å²) in [5.41, 5.74) is 6.06. The smallest absolute Gasteiger partial charge is 0.151 e. The summed E-state index contributed by atoms with van der Waals surface area (Å²) in [5, 5.41) is 4.52. The van der Waals surface area contributed by atoms with Gasteiger partial charge in [-0.2, -0.15) is 5.10 Å². The van der Waals surface area contributed by atoms with Gasteiger partial charge in [-0.3, -0.25) is 0 Å². The lowest BCUT2D eigenvalue weighted by molar-refractivity contribution is 0.325. The largest absolute Gasteiger partial charge is 0.321 e. The second-order valence-electron chi connectivity index (χ2n) is 5.11. The predicted molar refractivity (Wildman–Crippen MR) is 59.3 cm³/mol. The van der Waals surface area contributed by atoms with Gasteiger partial charge in [0, 0.05) is 13.0 Å². The number of aromatic nitrogens is 3. The van der Waals surface area contributed by atoms with E-state index in [9.17, 15) is 0 Å². The maximum Gasteiger partial charge on any atom is 0.151 e. The number of nitrogens with zero attached hydrogens (tertiary/aromatic N) is 3. The molecule has 1 aliphatic heterocycles. The zero-order valence-electron chi connectivity index (χ0n) is 9.77. The SMILES string of the molecule is CC(C)Cc1nc2n(n1)CC(C)CC2N. The Balaban J connectivity index is 2.23. The summed E-state index contributed by atoms with van der Waals surface area (Å²) in [5.74, 6) is 3.14. The monoisotopic (exact) mass is 208 g/mol. The highest BCUT2D eigenvalue weighted by Gasteiger charge is 2.25. The molecule has 15 heavy (non-hydrogen) atoms. The average Bonchev–Trinajstić information content (AvgIpc) is 2.45. The van der Waals surface area contributed by atoms with Crippen molar-refractivity contribution >= 4 is 0 Å². The molecule has 1 aromatic heterocycles. The second kappa shape index (κ2) is 3.93. The molecule has 0 amide bonds. The molecule has 4 heteroatoms. The normalized spacial score (nSPS) is 25.7. The minimum atomic E-state index is 0.0714. The lowest BCUT2D eigenvalue weighted by Gasteiger charge is -2.23. The number of nitrogens with two attached hydrogens (primary N) is 1. The maximum atomic E-state index is 6.06. The first kappa shape index (κ1) is 10.6. The van der Waals surface area contributed by atoms with Gasteiger partial charge in [0.15, 0.2) is 5.82 Å². The first-order chi connectivity index (χ1) is 7.06. The van der Waals surface area contributed by atoms with E-state index in [1.165, 1.54) is 0 Å². The van der Waals surface area contributed by atoms with Crippen LogP contribution in [-0.4, -0.2) is 14.8 Å². The third-order valence-corrected chi connectivity index (χ3v) is 2.81. The van der Waals surface area contributed by atoms with Crippen LogP contribution in [0.2, 0.25) is 0 Å². The first-order valence-corrected chi connectivity index (χ1v) is 5.75. The van der Waals surface area contributed by atoms with E-state index in [-0.39, 0.29) is 6.04 Å². The van der Waals surface area contributed by atoms with Gasteiger partial charge >= 0.3 is 0 Å². The molecule has 4 nitrogen and oxygen atoms in total. The van der Waals surface area contributed by atoms with Crippen molar-refractivity contribution < 1.29 is 0 Å². The van der Waals surface area contributed by atoms with E-state index in [0.29, 0.717) is 11.8 Å².